The Morgan fingerprint density at radius 1 is 0.967 bits per heavy atom. The Morgan fingerprint density at radius 2 is 1.57 bits per heavy atom. The fourth-order valence-corrected chi connectivity index (χ4v) is 5.84. The van der Waals surface area contributed by atoms with Crippen LogP contribution in [0.4, 0.5) is 5.69 Å². The molecule has 3 aromatic rings. The molecule has 0 saturated heterocycles. The Labute approximate surface area is 182 Å². The van der Waals surface area contributed by atoms with Gasteiger partial charge in [0.1, 0.15) is 0 Å². The number of nitrogens with zero attached hydrogens (tertiary/aromatic N) is 2. The molecular formula is C25H26ClN3O. The third-order valence-corrected chi connectivity index (χ3v) is 8.49. The molecule has 1 N–H and O–H groups in total. The average molecular weight is 420 g/mol. The van der Waals surface area contributed by atoms with Crippen molar-refractivity contribution in [2.75, 3.05) is 5.32 Å². The van der Waals surface area contributed by atoms with E-state index in [0.717, 1.165) is 35.3 Å². The van der Waals surface area contributed by atoms with Crippen molar-refractivity contribution in [2.24, 2.45) is 5.41 Å². The molecule has 2 atom stereocenters. The number of rotatable bonds is 2. The topological polar surface area (TPSA) is 54.9 Å². The van der Waals surface area contributed by atoms with Crippen molar-refractivity contribution in [1.82, 2.24) is 9.97 Å². The number of para-hydroxylation sites is 1. The zero-order chi connectivity index (χ0) is 21.5. The van der Waals surface area contributed by atoms with E-state index in [2.05, 4.69) is 52.1 Å². The highest BCUT2D eigenvalue weighted by molar-refractivity contribution is 6.33. The van der Waals surface area contributed by atoms with Gasteiger partial charge in [-0.05, 0) is 67.5 Å². The summed E-state index contributed by atoms with van der Waals surface area (Å²) < 4.78 is 0. The van der Waals surface area contributed by atoms with Crippen molar-refractivity contribution in [1.29, 1.82) is 0 Å². The first-order chi connectivity index (χ1) is 14.1. The monoisotopic (exact) mass is 419 g/mol. The average Bonchev–Trinajstić information content (AvgIpc) is 2.99. The molecule has 2 bridgehead atoms. The van der Waals surface area contributed by atoms with E-state index < -0.39 is 5.41 Å². The maximum Gasteiger partial charge on any atom is 0.237 e. The fraction of sp³-hybridized carbons (Fsp3) is 0.400. The van der Waals surface area contributed by atoms with Gasteiger partial charge in [-0.2, -0.15) is 0 Å². The number of carbonyl (C=O) groups excluding carboxylic acids is 1. The van der Waals surface area contributed by atoms with Gasteiger partial charge in [-0.3, -0.25) is 4.79 Å². The molecule has 154 valence electrons. The number of halogens is 1. The first-order valence-corrected chi connectivity index (χ1v) is 10.9. The lowest BCUT2D eigenvalue weighted by Gasteiger charge is -2.39. The summed E-state index contributed by atoms with van der Waals surface area (Å²) >= 11 is 6.34. The lowest BCUT2D eigenvalue weighted by atomic mass is 9.63. The van der Waals surface area contributed by atoms with Gasteiger partial charge in [-0.25, -0.2) is 9.97 Å². The molecule has 2 aromatic carbocycles. The van der Waals surface area contributed by atoms with Crippen molar-refractivity contribution < 1.29 is 4.79 Å². The molecule has 2 aliphatic rings. The first kappa shape index (κ1) is 19.5. The Balaban J connectivity index is 1.73. The largest absolute Gasteiger partial charge is 0.324 e. The number of fused-ring (bicyclic) bond motifs is 6. The third kappa shape index (κ3) is 2.20. The van der Waals surface area contributed by atoms with E-state index in [4.69, 9.17) is 21.6 Å². The number of anilines is 1. The van der Waals surface area contributed by atoms with Gasteiger partial charge in [-0.15, -0.1) is 0 Å². The second-order valence-electron chi connectivity index (χ2n) is 9.64. The normalized spacial score (nSPS) is 26.1. The SMILES string of the molecule is Cc1cc2nc3c(nc2cc1C)C1(C(=O)Nc2ccccc2Cl)CCC3(C)C1(C)C. The summed E-state index contributed by atoms with van der Waals surface area (Å²) in [5, 5.41) is 3.65. The minimum atomic E-state index is -0.740. The molecule has 30 heavy (non-hydrogen) atoms. The number of aryl methyl sites for hydroxylation is 2. The van der Waals surface area contributed by atoms with E-state index in [1.54, 1.807) is 6.07 Å². The van der Waals surface area contributed by atoms with Gasteiger partial charge >= 0.3 is 0 Å². The zero-order valence-electron chi connectivity index (χ0n) is 18.1. The highest BCUT2D eigenvalue weighted by atomic mass is 35.5. The molecule has 2 unspecified atom stereocenters. The minimum Gasteiger partial charge on any atom is -0.324 e. The molecule has 1 heterocycles. The van der Waals surface area contributed by atoms with Crippen LogP contribution in [0.1, 0.15) is 56.1 Å². The molecule has 1 aromatic heterocycles. The van der Waals surface area contributed by atoms with Crippen LogP contribution in [0.2, 0.25) is 5.02 Å². The van der Waals surface area contributed by atoms with Gasteiger partial charge in [0.15, 0.2) is 0 Å². The van der Waals surface area contributed by atoms with Crippen LogP contribution in [-0.4, -0.2) is 15.9 Å². The van der Waals surface area contributed by atoms with Crippen LogP contribution in [0.5, 0.6) is 0 Å². The van der Waals surface area contributed by atoms with Gasteiger partial charge < -0.3 is 5.32 Å². The van der Waals surface area contributed by atoms with Gasteiger partial charge in [0.25, 0.3) is 0 Å². The molecule has 0 spiro atoms. The Bertz CT molecular complexity index is 1230. The quantitative estimate of drug-likeness (QED) is 0.565. The standard InChI is InChI=1S/C25H26ClN3O/c1-14-12-18-19(13-15(14)2)28-21-20(27-18)24(5)10-11-25(21,23(24,3)4)22(30)29-17-9-7-6-8-16(17)26/h6-9,12-13H,10-11H2,1-5H3,(H,29,30). The number of hydrogen-bond acceptors (Lipinski definition) is 3. The molecule has 1 amide bonds. The van der Waals surface area contributed by atoms with E-state index in [1.807, 2.05) is 18.2 Å². The van der Waals surface area contributed by atoms with Crippen molar-refractivity contribution >= 4 is 34.2 Å². The van der Waals surface area contributed by atoms with E-state index in [0.29, 0.717) is 10.7 Å². The lowest BCUT2D eigenvalue weighted by Crippen LogP contribution is -2.48. The Morgan fingerprint density at radius 3 is 2.20 bits per heavy atom. The maximum absolute atomic E-state index is 13.9. The summed E-state index contributed by atoms with van der Waals surface area (Å²) in [6.45, 7) is 10.8. The summed E-state index contributed by atoms with van der Waals surface area (Å²) in [7, 11) is 0. The number of aromatic nitrogens is 2. The van der Waals surface area contributed by atoms with Crippen LogP contribution in [0.3, 0.4) is 0 Å². The van der Waals surface area contributed by atoms with Crippen molar-refractivity contribution in [3.05, 3.63) is 63.9 Å². The first-order valence-electron chi connectivity index (χ1n) is 10.5. The molecule has 1 saturated carbocycles. The molecule has 5 rings (SSSR count). The number of benzene rings is 2. The van der Waals surface area contributed by atoms with Crippen molar-refractivity contribution in [2.45, 2.75) is 58.3 Å². The molecule has 5 heteroatoms. The van der Waals surface area contributed by atoms with Crippen LogP contribution in [-0.2, 0) is 15.6 Å². The van der Waals surface area contributed by atoms with Crippen molar-refractivity contribution in [3.63, 3.8) is 0 Å². The Hall–Kier alpha value is -2.46. The van der Waals surface area contributed by atoms with E-state index >= 15 is 0 Å². The molecule has 0 radical (unpaired) electrons. The highest BCUT2D eigenvalue weighted by Crippen LogP contribution is 2.70. The predicted octanol–water partition coefficient (Wildman–Crippen LogP) is 5.87. The fourth-order valence-electron chi connectivity index (χ4n) is 5.65. The number of hydrogen-bond donors (Lipinski definition) is 1. The van der Waals surface area contributed by atoms with Crippen LogP contribution >= 0.6 is 11.6 Å². The van der Waals surface area contributed by atoms with E-state index in [-0.39, 0.29) is 16.7 Å². The summed E-state index contributed by atoms with van der Waals surface area (Å²) in [6, 6.07) is 11.6. The molecule has 4 nitrogen and oxygen atoms in total. The second kappa shape index (κ2) is 6.04. The van der Waals surface area contributed by atoms with E-state index in [1.165, 1.54) is 11.1 Å². The van der Waals surface area contributed by atoms with Crippen LogP contribution < -0.4 is 5.32 Å². The van der Waals surface area contributed by atoms with Crippen LogP contribution in [0.25, 0.3) is 11.0 Å². The second-order valence-corrected chi connectivity index (χ2v) is 10.0. The van der Waals surface area contributed by atoms with Gasteiger partial charge in [0, 0.05) is 5.41 Å². The summed E-state index contributed by atoms with van der Waals surface area (Å²) in [5.41, 5.74) is 5.32. The number of nitrogens with one attached hydrogen (secondary N) is 1. The smallest absolute Gasteiger partial charge is 0.237 e. The maximum atomic E-state index is 13.9. The molecular weight excluding hydrogens is 394 g/mol. The third-order valence-electron chi connectivity index (χ3n) is 8.16. The molecule has 1 fully saturated rings. The zero-order valence-corrected chi connectivity index (χ0v) is 18.8. The van der Waals surface area contributed by atoms with Gasteiger partial charge in [-0.1, -0.05) is 44.5 Å². The lowest BCUT2D eigenvalue weighted by molar-refractivity contribution is -0.125. The summed E-state index contributed by atoms with van der Waals surface area (Å²) in [5.74, 6) is -0.0411. The minimum absolute atomic E-state index is 0.0411. The van der Waals surface area contributed by atoms with Crippen LogP contribution in [0, 0.1) is 19.3 Å². The Kier molecular flexibility index (Phi) is 3.93. The molecule has 2 aliphatic carbocycles. The summed E-state index contributed by atoms with van der Waals surface area (Å²) in [4.78, 5) is 24.1. The molecule has 0 aliphatic heterocycles. The van der Waals surface area contributed by atoms with Crippen molar-refractivity contribution in [3.8, 4) is 0 Å². The summed E-state index contributed by atoms with van der Waals surface area (Å²) in [6.07, 6.45) is 1.67. The number of carbonyl (C=O) groups is 1. The predicted molar refractivity (Wildman–Crippen MR) is 121 cm³/mol. The van der Waals surface area contributed by atoms with Crippen LogP contribution in [0.15, 0.2) is 36.4 Å². The van der Waals surface area contributed by atoms with Gasteiger partial charge in [0.05, 0.1) is 38.5 Å². The number of amides is 1. The highest BCUT2D eigenvalue weighted by Gasteiger charge is 2.73. The van der Waals surface area contributed by atoms with E-state index in [9.17, 15) is 4.79 Å². The van der Waals surface area contributed by atoms with Gasteiger partial charge in [0.2, 0.25) is 5.91 Å².